The van der Waals surface area contributed by atoms with Gasteiger partial charge in [-0.1, -0.05) is 49.8 Å². The first kappa shape index (κ1) is 12.9. The Morgan fingerprint density at radius 3 is 1.91 bits per heavy atom. The molecule has 0 aromatic carbocycles. The van der Waals surface area contributed by atoms with E-state index in [0.29, 0.717) is 0 Å². The van der Waals surface area contributed by atoms with E-state index in [4.69, 9.17) is 0 Å². The average molecular weight is 152 g/mol. The fraction of sp³-hybridized carbons (Fsp3) is 0.455. The van der Waals surface area contributed by atoms with Crippen LogP contribution in [0.1, 0.15) is 34.6 Å². The molecule has 0 heterocycles. The molecule has 0 aliphatic carbocycles. The number of allylic oxidation sites excluding steroid dienone is 6. The highest BCUT2D eigenvalue weighted by molar-refractivity contribution is 5.20. The van der Waals surface area contributed by atoms with Crippen LogP contribution in [0.4, 0.5) is 0 Å². The fourth-order valence-electron chi connectivity index (χ4n) is 0.566. The Morgan fingerprint density at radius 1 is 1.00 bits per heavy atom. The molecule has 0 unspecified atom stereocenters. The molecule has 0 spiro atoms. The van der Waals surface area contributed by atoms with Gasteiger partial charge in [-0.2, -0.15) is 0 Å². The second-order valence-electron chi connectivity index (χ2n) is 1.94. The van der Waals surface area contributed by atoms with Crippen LogP contribution >= 0.6 is 0 Å². The van der Waals surface area contributed by atoms with Crippen LogP contribution in [0.3, 0.4) is 0 Å². The zero-order valence-corrected chi connectivity index (χ0v) is 8.39. The maximum absolute atomic E-state index is 2.08. The zero-order valence-electron chi connectivity index (χ0n) is 8.39. The Bertz CT molecular complexity index is 136. The quantitative estimate of drug-likeness (QED) is 0.522. The van der Waals surface area contributed by atoms with Gasteiger partial charge in [0.25, 0.3) is 0 Å². The molecule has 64 valence electrons. The van der Waals surface area contributed by atoms with Gasteiger partial charge in [0.15, 0.2) is 0 Å². The maximum Gasteiger partial charge on any atom is -0.0398 e. The number of hydrogen-bond acceptors (Lipinski definition) is 0. The van der Waals surface area contributed by atoms with Gasteiger partial charge in [0, 0.05) is 0 Å². The second-order valence-corrected chi connectivity index (χ2v) is 1.94. The number of rotatable bonds is 2. The summed E-state index contributed by atoms with van der Waals surface area (Å²) in [5, 5.41) is 0. The summed E-state index contributed by atoms with van der Waals surface area (Å²) < 4.78 is 0. The first-order chi connectivity index (χ1) is 5.31. The Labute approximate surface area is 71.3 Å². The largest absolute Gasteiger partial charge is 0.0877 e. The predicted octanol–water partition coefficient (Wildman–Crippen LogP) is 4.11. The van der Waals surface area contributed by atoms with Crippen molar-refractivity contribution in [1.82, 2.24) is 0 Å². The molecule has 0 heteroatoms. The summed E-state index contributed by atoms with van der Waals surface area (Å²) in [6, 6.07) is 0. The van der Waals surface area contributed by atoms with Crippen molar-refractivity contribution in [2.45, 2.75) is 34.6 Å². The fourth-order valence-corrected chi connectivity index (χ4v) is 0.566. The lowest BCUT2D eigenvalue weighted by molar-refractivity contribution is 1.50. The molecule has 0 N–H and O–H groups in total. The minimum Gasteiger partial charge on any atom is -0.0877 e. The summed E-state index contributed by atoms with van der Waals surface area (Å²) >= 11 is 0. The molecule has 0 fully saturated rings. The Balaban J connectivity index is 0. The second kappa shape index (κ2) is 12.0. The Kier molecular flexibility index (Phi) is 14.0. The van der Waals surface area contributed by atoms with Crippen LogP contribution in [0.5, 0.6) is 0 Å². The van der Waals surface area contributed by atoms with Gasteiger partial charge >= 0.3 is 0 Å². The van der Waals surface area contributed by atoms with Crippen LogP contribution in [0, 0.1) is 0 Å². The molecule has 0 aliphatic heterocycles. The van der Waals surface area contributed by atoms with Crippen molar-refractivity contribution >= 4 is 0 Å². The third-order valence-corrected chi connectivity index (χ3v) is 0.981. The molecular weight excluding hydrogens is 132 g/mol. The molecule has 0 amide bonds. The highest BCUT2D eigenvalue weighted by atomic mass is 13.8. The molecule has 0 nitrogen and oxygen atoms in total. The Morgan fingerprint density at radius 2 is 1.55 bits per heavy atom. The van der Waals surface area contributed by atoms with E-state index in [0.717, 1.165) is 0 Å². The third-order valence-electron chi connectivity index (χ3n) is 0.981. The summed E-state index contributed by atoms with van der Waals surface area (Å²) in [7, 11) is 0. The summed E-state index contributed by atoms with van der Waals surface area (Å²) in [6.07, 6.45) is 10.3. The van der Waals surface area contributed by atoms with Crippen molar-refractivity contribution in [1.29, 1.82) is 0 Å². The van der Waals surface area contributed by atoms with Crippen LogP contribution < -0.4 is 0 Å². The van der Waals surface area contributed by atoms with Crippen LogP contribution in [0.25, 0.3) is 0 Å². The van der Waals surface area contributed by atoms with Gasteiger partial charge in [-0.3, -0.25) is 0 Å². The zero-order chi connectivity index (χ0) is 9.11. The van der Waals surface area contributed by atoms with Crippen LogP contribution in [-0.4, -0.2) is 0 Å². The molecular formula is C11H20. The monoisotopic (exact) mass is 152 g/mol. The topological polar surface area (TPSA) is 0 Å². The standard InChI is InChI=1S/C9H14.C2H6/c1-4-6-8-9(3)7-5-2;1-2/h4-8H,1-3H3;1-2H3/b6-4-,7-5-,9-8-;. The lowest BCUT2D eigenvalue weighted by Crippen LogP contribution is -1.62. The van der Waals surface area contributed by atoms with E-state index in [1.807, 2.05) is 45.9 Å². The number of hydrogen-bond donors (Lipinski definition) is 0. The first-order valence-electron chi connectivity index (χ1n) is 4.23. The molecule has 0 aromatic rings. The van der Waals surface area contributed by atoms with Crippen LogP contribution in [-0.2, 0) is 0 Å². The minimum absolute atomic E-state index is 1.29. The molecule has 0 rings (SSSR count). The third kappa shape index (κ3) is 12.4. The molecule has 0 atom stereocenters. The highest BCUT2D eigenvalue weighted by Gasteiger charge is 1.72. The smallest absolute Gasteiger partial charge is 0.0398 e. The van der Waals surface area contributed by atoms with Crippen LogP contribution in [0.2, 0.25) is 0 Å². The van der Waals surface area contributed by atoms with Crippen molar-refractivity contribution in [2.24, 2.45) is 0 Å². The van der Waals surface area contributed by atoms with Gasteiger partial charge < -0.3 is 0 Å². The Hall–Kier alpha value is -0.780. The van der Waals surface area contributed by atoms with E-state index in [2.05, 4.69) is 19.1 Å². The minimum atomic E-state index is 1.29. The molecule has 0 saturated heterocycles. The van der Waals surface area contributed by atoms with E-state index in [9.17, 15) is 0 Å². The normalized spacial score (nSPS) is 11.9. The first-order valence-corrected chi connectivity index (χ1v) is 4.23. The van der Waals surface area contributed by atoms with Gasteiger partial charge in [0.2, 0.25) is 0 Å². The predicted molar refractivity (Wildman–Crippen MR) is 54.7 cm³/mol. The molecule has 0 radical (unpaired) electrons. The van der Waals surface area contributed by atoms with Gasteiger partial charge in [-0.05, 0) is 20.8 Å². The molecule has 0 saturated carbocycles. The van der Waals surface area contributed by atoms with Crippen LogP contribution in [0.15, 0.2) is 36.0 Å². The molecule has 0 bridgehead atoms. The lowest BCUT2D eigenvalue weighted by atomic mass is 10.2. The van der Waals surface area contributed by atoms with Gasteiger partial charge in [0.1, 0.15) is 0 Å². The van der Waals surface area contributed by atoms with Crippen molar-refractivity contribution in [3.63, 3.8) is 0 Å². The molecule has 0 aliphatic rings. The van der Waals surface area contributed by atoms with E-state index in [1.54, 1.807) is 0 Å². The van der Waals surface area contributed by atoms with E-state index in [1.165, 1.54) is 5.57 Å². The van der Waals surface area contributed by atoms with Gasteiger partial charge in [-0.25, -0.2) is 0 Å². The van der Waals surface area contributed by atoms with Crippen molar-refractivity contribution in [3.8, 4) is 0 Å². The van der Waals surface area contributed by atoms with Crippen molar-refractivity contribution < 1.29 is 0 Å². The molecule has 0 aromatic heterocycles. The average Bonchev–Trinajstić information content (AvgIpc) is 2.05. The summed E-state index contributed by atoms with van der Waals surface area (Å²) in [6.45, 7) is 10.1. The van der Waals surface area contributed by atoms with E-state index in [-0.39, 0.29) is 0 Å². The maximum atomic E-state index is 2.08. The summed E-state index contributed by atoms with van der Waals surface area (Å²) in [5.74, 6) is 0. The van der Waals surface area contributed by atoms with Crippen molar-refractivity contribution in [2.75, 3.05) is 0 Å². The highest BCUT2D eigenvalue weighted by Crippen LogP contribution is 1.93. The summed E-state index contributed by atoms with van der Waals surface area (Å²) in [5.41, 5.74) is 1.29. The van der Waals surface area contributed by atoms with Gasteiger partial charge in [-0.15, -0.1) is 0 Å². The summed E-state index contributed by atoms with van der Waals surface area (Å²) in [4.78, 5) is 0. The van der Waals surface area contributed by atoms with E-state index >= 15 is 0 Å². The van der Waals surface area contributed by atoms with Crippen molar-refractivity contribution in [3.05, 3.63) is 36.0 Å². The van der Waals surface area contributed by atoms with Gasteiger partial charge in [0.05, 0.1) is 0 Å². The molecule has 11 heavy (non-hydrogen) atoms. The lowest BCUT2D eigenvalue weighted by Gasteiger charge is -1.83. The van der Waals surface area contributed by atoms with E-state index < -0.39 is 0 Å². The SMILES string of the molecule is CC.C\C=C/C=C(C)\C=C/C.